The van der Waals surface area contributed by atoms with Crippen LogP contribution in [0.2, 0.25) is 0 Å². The lowest BCUT2D eigenvalue weighted by Gasteiger charge is -2.13. The van der Waals surface area contributed by atoms with E-state index in [1.165, 1.54) is 12.8 Å². The van der Waals surface area contributed by atoms with Gasteiger partial charge in [-0.3, -0.25) is 10.1 Å². The molecule has 1 aliphatic rings. The van der Waals surface area contributed by atoms with Crippen LogP contribution in [0.3, 0.4) is 0 Å². The largest absolute Gasteiger partial charge is 0.385 e. The fraction of sp³-hybridized carbons (Fsp3) is 0.600. The van der Waals surface area contributed by atoms with E-state index in [1.807, 2.05) is 13.0 Å². The van der Waals surface area contributed by atoms with Crippen LogP contribution in [0.25, 0.3) is 0 Å². The molecule has 0 radical (unpaired) electrons. The van der Waals surface area contributed by atoms with Crippen molar-refractivity contribution in [2.24, 2.45) is 0 Å². The first kappa shape index (κ1) is 15.6. The van der Waals surface area contributed by atoms with E-state index in [1.54, 1.807) is 12.1 Å². The van der Waals surface area contributed by atoms with Crippen LogP contribution >= 0.6 is 0 Å². The second kappa shape index (κ2) is 7.83. The number of hydrogen-bond donors (Lipinski definition) is 2. The monoisotopic (exact) mass is 293 g/mol. The van der Waals surface area contributed by atoms with Gasteiger partial charge in [0.05, 0.1) is 17.6 Å². The van der Waals surface area contributed by atoms with E-state index in [2.05, 4.69) is 10.6 Å². The predicted molar refractivity (Wildman–Crippen MR) is 84.0 cm³/mol. The fourth-order valence-corrected chi connectivity index (χ4v) is 2.60. The maximum absolute atomic E-state index is 10.9. The number of anilines is 2. The summed E-state index contributed by atoms with van der Waals surface area (Å²) in [6.07, 6.45) is 5.22. The molecule has 21 heavy (non-hydrogen) atoms. The van der Waals surface area contributed by atoms with Gasteiger partial charge in [-0.2, -0.15) is 0 Å². The Morgan fingerprint density at radius 2 is 1.90 bits per heavy atom. The second-order valence-electron chi connectivity index (χ2n) is 5.26. The summed E-state index contributed by atoms with van der Waals surface area (Å²) in [5.74, 6) is 0. The number of nitro benzene ring substituents is 1. The number of nitro groups is 1. The van der Waals surface area contributed by atoms with Gasteiger partial charge in [0.2, 0.25) is 0 Å². The average Bonchev–Trinajstić information content (AvgIpc) is 2.97. The minimum Gasteiger partial charge on any atom is -0.385 e. The van der Waals surface area contributed by atoms with Gasteiger partial charge in [-0.05, 0) is 25.8 Å². The van der Waals surface area contributed by atoms with Crippen LogP contribution in [-0.2, 0) is 4.74 Å². The quantitative estimate of drug-likeness (QED) is 0.436. The van der Waals surface area contributed by atoms with Gasteiger partial charge in [0, 0.05) is 36.6 Å². The van der Waals surface area contributed by atoms with E-state index >= 15 is 0 Å². The molecular weight excluding hydrogens is 270 g/mol. The molecule has 6 heteroatoms. The van der Waals surface area contributed by atoms with Gasteiger partial charge >= 0.3 is 0 Å². The number of benzene rings is 1. The van der Waals surface area contributed by atoms with E-state index in [4.69, 9.17) is 4.74 Å². The van der Waals surface area contributed by atoms with Crippen LogP contribution in [0.5, 0.6) is 0 Å². The van der Waals surface area contributed by atoms with Crippen molar-refractivity contribution in [3.05, 3.63) is 28.3 Å². The predicted octanol–water partition coefficient (Wildman–Crippen LogP) is 3.40. The van der Waals surface area contributed by atoms with E-state index in [0.29, 0.717) is 19.3 Å². The molecule has 0 bridgehead atoms. The minimum atomic E-state index is -0.374. The Morgan fingerprint density at radius 3 is 2.52 bits per heavy atom. The molecule has 0 atom stereocenters. The highest BCUT2D eigenvalue weighted by molar-refractivity contribution is 5.63. The number of hydrogen-bond acceptors (Lipinski definition) is 5. The fourth-order valence-electron chi connectivity index (χ4n) is 2.60. The summed E-state index contributed by atoms with van der Waals surface area (Å²) < 4.78 is 5.77. The summed E-state index contributed by atoms with van der Waals surface area (Å²) in [6.45, 7) is 3.97. The van der Waals surface area contributed by atoms with Crippen LogP contribution in [-0.4, -0.2) is 30.7 Å². The summed E-state index contributed by atoms with van der Waals surface area (Å²) in [5.41, 5.74) is 1.59. The van der Waals surface area contributed by atoms with Gasteiger partial charge in [0.25, 0.3) is 5.69 Å². The first-order valence-electron chi connectivity index (χ1n) is 7.58. The average molecular weight is 293 g/mol. The molecular formula is C15H23N3O3. The molecule has 0 unspecified atom stereocenters. The van der Waals surface area contributed by atoms with Crippen LogP contribution in [0.15, 0.2) is 18.2 Å². The minimum absolute atomic E-state index is 0.0904. The zero-order chi connectivity index (χ0) is 15.1. The zero-order valence-corrected chi connectivity index (χ0v) is 12.4. The Morgan fingerprint density at radius 1 is 1.24 bits per heavy atom. The molecule has 2 rings (SSSR count). The zero-order valence-electron chi connectivity index (χ0n) is 12.4. The van der Waals surface area contributed by atoms with Gasteiger partial charge in [-0.1, -0.05) is 12.8 Å². The van der Waals surface area contributed by atoms with Gasteiger partial charge in [0.1, 0.15) is 0 Å². The summed E-state index contributed by atoms with van der Waals surface area (Å²) in [4.78, 5) is 10.6. The number of nitrogens with zero attached hydrogens (tertiary/aromatic N) is 1. The van der Waals surface area contributed by atoms with Crippen molar-refractivity contribution in [3.63, 3.8) is 0 Å². The molecule has 0 aromatic heterocycles. The third-order valence-electron chi connectivity index (χ3n) is 3.60. The molecule has 0 saturated heterocycles. The number of ether oxygens (including phenoxy) is 1. The van der Waals surface area contributed by atoms with Crippen molar-refractivity contribution < 1.29 is 9.66 Å². The number of nitrogens with one attached hydrogen (secondary N) is 2. The Bertz CT molecular complexity index is 473. The van der Waals surface area contributed by atoms with Crippen molar-refractivity contribution >= 4 is 17.1 Å². The highest BCUT2D eigenvalue weighted by Crippen LogP contribution is 2.24. The molecule has 0 spiro atoms. The maximum atomic E-state index is 10.9. The molecule has 2 N–H and O–H groups in total. The van der Waals surface area contributed by atoms with Crippen LogP contribution in [0.1, 0.15) is 32.6 Å². The van der Waals surface area contributed by atoms with Crippen LogP contribution < -0.4 is 10.6 Å². The Labute approximate surface area is 125 Å². The van der Waals surface area contributed by atoms with Crippen LogP contribution in [0, 0.1) is 10.1 Å². The molecule has 0 aliphatic heterocycles. The third kappa shape index (κ3) is 4.90. The van der Waals surface area contributed by atoms with E-state index in [-0.39, 0.29) is 10.6 Å². The Kier molecular flexibility index (Phi) is 5.80. The lowest BCUT2D eigenvalue weighted by atomic mass is 10.2. The summed E-state index contributed by atoms with van der Waals surface area (Å²) in [6, 6.07) is 4.98. The van der Waals surface area contributed by atoms with E-state index in [0.717, 1.165) is 30.8 Å². The van der Waals surface area contributed by atoms with Crippen molar-refractivity contribution in [1.82, 2.24) is 0 Å². The first-order valence-corrected chi connectivity index (χ1v) is 7.58. The van der Waals surface area contributed by atoms with Gasteiger partial charge in [-0.25, -0.2) is 0 Å². The number of rotatable bonds is 8. The molecule has 1 aromatic rings. The maximum Gasteiger partial charge on any atom is 0.273 e. The molecule has 0 amide bonds. The molecule has 1 aliphatic carbocycles. The molecule has 6 nitrogen and oxygen atoms in total. The van der Waals surface area contributed by atoms with Crippen molar-refractivity contribution in [1.29, 1.82) is 0 Å². The molecule has 1 fully saturated rings. The molecule has 1 saturated carbocycles. The standard InChI is InChI=1S/C15H23N3O3/c1-2-16-12-9-13(11-14(10-12)18(19)20)17-7-8-21-15-5-3-4-6-15/h9-11,15-17H,2-8H2,1H3. The topological polar surface area (TPSA) is 76.4 Å². The summed E-state index contributed by atoms with van der Waals surface area (Å²) in [7, 11) is 0. The normalized spacial score (nSPS) is 15.1. The van der Waals surface area contributed by atoms with E-state index in [9.17, 15) is 10.1 Å². The SMILES string of the molecule is CCNc1cc(NCCOC2CCCC2)cc([N+](=O)[O-])c1. The first-order chi connectivity index (χ1) is 10.2. The van der Waals surface area contributed by atoms with Crippen LogP contribution in [0.4, 0.5) is 17.1 Å². The highest BCUT2D eigenvalue weighted by atomic mass is 16.6. The number of non-ortho nitro benzene ring substituents is 1. The second-order valence-corrected chi connectivity index (χ2v) is 5.26. The molecule has 116 valence electrons. The highest BCUT2D eigenvalue weighted by Gasteiger charge is 2.15. The van der Waals surface area contributed by atoms with Crippen molar-refractivity contribution in [2.75, 3.05) is 30.3 Å². The van der Waals surface area contributed by atoms with Gasteiger partial charge in [-0.15, -0.1) is 0 Å². The van der Waals surface area contributed by atoms with Crippen molar-refractivity contribution in [2.45, 2.75) is 38.7 Å². The van der Waals surface area contributed by atoms with Gasteiger partial charge in [0.15, 0.2) is 0 Å². The lowest BCUT2D eigenvalue weighted by Crippen LogP contribution is -2.15. The Hall–Kier alpha value is -1.82. The summed E-state index contributed by atoms with van der Waals surface area (Å²) in [5, 5.41) is 17.2. The lowest BCUT2D eigenvalue weighted by molar-refractivity contribution is -0.384. The molecule has 1 aromatic carbocycles. The summed E-state index contributed by atoms with van der Waals surface area (Å²) >= 11 is 0. The van der Waals surface area contributed by atoms with Gasteiger partial charge < -0.3 is 15.4 Å². The third-order valence-corrected chi connectivity index (χ3v) is 3.60. The smallest absolute Gasteiger partial charge is 0.273 e. The van der Waals surface area contributed by atoms with Crippen molar-refractivity contribution in [3.8, 4) is 0 Å². The van der Waals surface area contributed by atoms with E-state index < -0.39 is 0 Å². The Balaban J connectivity index is 1.86. The molecule has 0 heterocycles.